The van der Waals surface area contributed by atoms with E-state index in [1.165, 1.54) is 18.3 Å². The van der Waals surface area contributed by atoms with E-state index in [0.29, 0.717) is 17.3 Å². The number of esters is 1. The summed E-state index contributed by atoms with van der Waals surface area (Å²) in [6.45, 7) is 10.0. The van der Waals surface area contributed by atoms with E-state index in [4.69, 9.17) is 9.47 Å². The van der Waals surface area contributed by atoms with Gasteiger partial charge in [0, 0.05) is 22.9 Å². The molecule has 0 aliphatic carbocycles. The molecule has 0 fully saturated rings. The van der Waals surface area contributed by atoms with Crippen LogP contribution in [0.25, 0.3) is 0 Å². The van der Waals surface area contributed by atoms with E-state index in [-0.39, 0.29) is 11.3 Å². The number of alkyl carbamates (subject to hydrolysis) is 1. The second kappa shape index (κ2) is 10.1. The van der Waals surface area contributed by atoms with Crippen LogP contribution in [0.15, 0.2) is 52.4 Å². The first-order valence-electron chi connectivity index (χ1n) is 11.3. The first-order valence-corrected chi connectivity index (χ1v) is 11.3. The molecule has 9 nitrogen and oxygen atoms in total. The molecule has 1 heterocycles. The summed E-state index contributed by atoms with van der Waals surface area (Å²) in [5.74, 6) is -5.42. The van der Waals surface area contributed by atoms with Crippen molar-refractivity contribution >= 4 is 35.6 Å². The lowest BCUT2D eigenvalue weighted by atomic mass is 10.1. The number of nitrogens with one attached hydrogen (secondary N) is 2. The number of ether oxygens (including phenoxy) is 2. The van der Waals surface area contributed by atoms with Crippen molar-refractivity contribution in [2.75, 3.05) is 5.32 Å². The van der Waals surface area contributed by atoms with E-state index < -0.39 is 46.6 Å². The molecule has 0 saturated heterocycles. The number of rotatable bonds is 5. The Balaban J connectivity index is 1.83. The second-order valence-corrected chi connectivity index (χ2v) is 10.2. The first-order chi connectivity index (χ1) is 17.1. The molecular formula is C26H28F2N4O5. The predicted molar refractivity (Wildman–Crippen MR) is 134 cm³/mol. The summed E-state index contributed by atoms with van der Waals surface area (Å²) < 4.78 is 37.5. The standard InChI is InChI=1S/C26H28F2N4O5/c1-24(2,3)36-22(34)26(32-23(35)37-25(4,5)6)29-14-20(31-26)15-7-9-19(10-8-15)30-21(33)16-11-17(27)13-18(28)12-16/h7-14H,1-6H3,(H,30,33)(H,32,35). The maximum absolute atomic E-state index is 13.4. The summed E-state index contributed by atoms with van der Waals surface area (Å²) in [6.07, 6.45) is 0.400. The molecule has 1 aliphatic heterocycles. The Kier molecular flexibility index (Phi) is 7.47. The van der Waals surface area contributed by atoms with Crippen LogP contribution in [0.2, 0.25) is 0 Å². The number of carbonyl (C=O) groups excluding carboxylic acids is 3. The molecule has 3 rings (SSSR count). The fraction of sp³-hybridized carbons (Fsp3) is 0.346. The molecule has 11 heteroatoms. The third-order valence-corrected chi connectivity index (χ3v) is 4.58. The van der Waals surface area contributed by atoms with Gasteiger partial charge in [0.2, 0.25) is 0 Å². The molecular weight excluding hydrogens is 486 g/mol. The van der Waals surface area contributed by atoms with Crippen LogP contribution >= 0.6 is 0 Å². The average molecular weight is 515 g/mol. The highest BCUT2D eigenvalue weighted by molar-refractivity contribution is 6.40. The lowest BCUT2D eigenvalue weighted by Crippen LogP contribution is -2.54. The molecule has 1 atom stereocenters. The Morgan fingerprint density at radius 1 is 0.865 bits per heavy atom. The Morgan fingerprint density at radius 2 is 1.43 bits per heavy atom. The highest BCUT2D eigenvalue weighted by Gasteiger charge is 2.46. The second-order valence-electron chi connectivity index (χ2n) is 10.2. The van der Waals surface area contributed by atoms with Gasteiger partial charge < -0.3 is 14.8 Å². The van der Waals surface area contributed by atoms with E-state index in [1.54, 1.807) is 53.7 Å². The molecule has 0 spiro atoms. The maximum atomic E-state index is 13.4. The van der Waals surface area contributed by atoms with Gasteiger partial charge in [-0.1, -0.05) is 12.1 Å². The minimum atomic E-state index is -2.08. The van der Waals surface area contributed by atoms with Gasteiger partial charge in [-0.25, -0.2) is 28.4 Å². The van der Waals surface area contributed by atoms with Crippen LogP contribution in [0.3, 0.4) is 0 Å². The van der Waals surface area contributed by atoms with Crippen molar-refractivity contribution in [3.05, 3.63) is 65.2 Å². The predicted octanol–water partition coefficient (Wildman–Crippen LogP) is 4.61. The van der Waals surface area contributed by atoms with Crippen LogP contribution in [0.4, 0.5) is 19.3 Å². The molecule has 2 aromatic carbocycles. The van der Waals surface area contributed by atoms with E-state index >= 15 is 0 Å². The molecule has 0 saturated carbocycles. The van der Waals surface area contributed by atoms with Gasteiger partial charge in [0.25, 0.3) is 5.91 Å². The van der Waals surface area contributed by atoms with Gasteiger partial charge in [-0.05, 0) is 65.8 Å². The SMILES string of the molecule is CC(C)(C)OC(=O)NC1(C(=O)OC(C)(C)C)N=CC(c2ccc(NC(=O)c3cc(F)cc(F)c3)cc2)=N1. The van der Waals surface area contributed by atoms with E-state index in [1.807, 2.05) is 0 Å². The molecule has 2 aromatic rings. The van der Waals surface area contributed by atoms with Gasteiger partial charge in [-0.3, -0.25) is 10.1 Å². The maximum Gasteiger partial charge on any atom is 0.411 e. The van der Waals surface area contributed by atoms with Crippen LogP contribution in [0, 0.1) is 11.6 Å². The van der Waals surface area contributed by atoms with Crippen molar-refractivity contribution in [3.8, 4) is 0 Å². The highest BCUT2D eigenvalue weighted by Crippen LogP contribution is 2.24. The summed E-state index contributed by atoms with van der Waals surface area (Å²) in [6, 6.07) is 8.76. The van der Waals surface area contributed by atoms with Gasteiger partial charge in [-0.15, -0.1) is 0 Å². The molecule has 2 N–H and O–H groups in total. The summed E-state index contributed by atoms with van der Waals surface area (Å²) in [4.78, 5) is 46.3. The number of nitrogens with zero attached hydrogens (tertiary/aromatic N) is 2. The lowest BCUT2D eigenvalue weighted by Gasteiger charge is -2.28. The average Bonchev–Trinajstić information content (AvgIpc) is 3.16. The molecule has 0 radical (unpaired) electrons. The first kappa shape index (κ1) is 27.4. The van der Waals surface area contributed by atoms with Crippen LogP contribution in [0.5, 0.6) is 0 Å². The molecule has 2 amide bonds. The zero-order valence-corrected chi connectivity index (χ0v) is 21.3. The number of halogens is 2. The molecule has 0 aromatic heterocycles. The smallest absolute Gasteiger partial charge is 0.411 e. The Hall–Kier alpha value is -4.15. The molecule has 0 bridgehead atoms. The zero-order valence-electron chi connectivity index (χ0n) is 21.3. The van der Waals surface area contributed by atoms with Crippen LogP contribution in [-0.2, 0) is 14.3 Å². The summed E-state index contributed by atoms with van der Waals surface area (Å²) in [5.41, 5.74) is -0.769. The van der Waals surface area contributed by atoms with Crippen molar-refractivity contribution in [2.45, 2.75) is 58.5 Å². The molecule has 196 valence electrons. The molecule has 37 heavy (non-hydrogen) atoms. The van der Waals surface area contributed by atoms with Crippen LogP contribution in [0.1, 0.15) is 57.5 Å². The van der Waals surface area contributed by atoms with Crippen molar-refractivity contribution in [2.24, 2.45) is 9.98 Å². The topological polar surface area (TPSA) is 118 Å². The minimum Gasteiger partial charge on any atom is -0.455 e. The zero-order chi connectivity index (χ0) is 27.6. The number of hydrogen-bond donors (Lipinski definition) is 2. The summed E-state index contributed by atoms with van der Waals surface area (Å²) >= 11 is 0. The number of aliphatic imine (C=N–C) groups is 2. The summed E-state index contributed by atoms with van der Waals surface area (Å²) in [5, 5.41) is 4.94. The van der Waals surface area contributed by atoms with E-state index in [9.17, 15) is 23.2 Å². The normalized spacial score (nSPS) is 17.1. The number of benzene rings is 2. The van der Waals surface area contributed by atoms with Crippen molar-refractivity contribution in [1.29, 1.82) is 0 Å². The Morgan fingerprint density at radius 3 is 1.97 bits per heavy atom. The monoisotopic (exact) mass is 514 g/mol. The quantitative estimate of drug-likeness (QED) is 0.565. The third kappa shape index (κ3) is 7.42. The lowest BCUT2D eigenvalue weighted by molar-refractivity contribution is -0.162. The largest absolute Gasteiger partial charge is 0.455 e. The van der Waals surface area contributed by atoms with Crippen molar-refractivity contribution in [3.63, 3.8) is 0 Å². The van der Waals surface area contributed by atoms with Gasteiger partial charge in [0.15, 0.2) is 0 Å². The van der Waals surface area contributed by atoms with Gasteiger partial charge >= 0.3 is 17.8 Å². The van der Waals surface area contributed by atoms with Crippen LogP contribution in [-0.4, -0.2) is 46.9 Å². The van der Waals surface area contributed by atoms with Gasteiger partial charge in [0.05, 0.1) is 11.9 Å². The number of anilines is 1. The van der Waals surface area contributed by atoms with Gasteiger partial charge in [0.1, 0.15) is 22.8 Å². The highest BCUT2D eigenvalue weighted by atomic mass is 19.1. The fourth-order valence-corrected chi connectivity index (χ4v) is 3.14. The van der Waals surface area contributed by atoms with E-state index in [2.05, 4.69) is 20.6 Å². The number of carbonyl (C=O) groups is 3. The van der Waals surface area contributed by atoms with E-state index in [0.717, 1.165) is 12.1 Å². The van der Waals surface area contributed by atoms with Crippen LogP contribution < -0.4 is 10.6 Å². The van der Waals surface area contributed by atoms with Crippen molar-refractivity contribution in [1.82, 2.24) is 5.32 Å². The number of amides is 2. The Labute approximate surface area is 213 Å². The fourth-order valence-electron chi connectivity index (χ4n) is 3.14. The summed E-state index contributed by atoms with van der Waals surface area (Å²) in [7, 11) is 0. The molecule has 1 aliphatic rings. The third-order valence-electron chi connectivity index (χ3n) is 4.58. The van der Waals surface area contributed by atoms with Crippen molar-refractivity contribution < 1.29 is 32.6 Å². The van der Waals surface area contributed by atoms with Gasteiger partial charge in [-0.2, -0.15) is 0 Å². The Bertz CT molecular complexity index is 1260. The minimum absolute atomic E-state index is 0.177. The number of hydrogen-bond acceptors (Lipinski definition) is 7. The molecule has 1 unspecified atom stereocenters.